The van der Waals surface area contributed by atoms with Crippen molar-refractivity contribution in [3.63, 3.8) is 0 Å². The first-order chi connectivity index (χ1) is 16.1. The van der Waals surface area contributed by atoms with Crippen LogP contribution in [0.15, 0.2) is 72.5 Å². The highest BCUT2D eigenvalue weighted by Gasteiger charge is 2.33. The van der Waals surface area contributed by atoms with Gasteiger partial charge in [-0.3, -0.25) is 9.78 Å². The predicted molar refractivity (Wildman–Crippen MR) is 125 cm³/mol. The number of halogens is 1. The number of nitrogens with zero attached hydrogens (tertiary/aromatic N) is 2. The molecule has 0 bridgehead atoms. The summed E-state index contributed by atoms with van der Waals surface area (Å²) in [5.41, 5.74) is 5.84. The Kier molecular flexibility index (Phi) is 5.71. The number of ether oxygens (including phenoxy) is 2. The van der Waals surface area contributed by atoms with Gasteiger partial charge in [-0.15, -0.1) is 11.3 Å². The molecule has 1 aliphatic carbocycles. The van der Waals surface area contributed by atoms with Crippen molar-refractivity contribution >= 4 is 28.3 Å². The summed E-state index contributed by atoms with van der Waals surface area (Å²) in [7, 11) is 0. The molecule has 33 heavy (non-hydrogen) atoms. The van der Waals surface area contributed by atoms with E-state index in [1.54, 1.807) is 48.2 Å². The van der Waals surface area contributed by atoms with Crippen molar-refractivity contribution in [3.05, 3.63) is 106 Å². The monoisotopic (exact) mass is 458 g/mol. The van der Waals surface area contributed by atoms with Crippen LogP contribution in [0.4, 0.5) is 4.39 Å². The Hall–Kier alpha value is -3.84. The largest absolute Gasteiger partial charge is 0.490 e. The minimum Gasteiger partial charge on any atom is -0.490 e. The maximum Gasteiger partial charge on any atom is 0.195 e. The highest BCUT2D eigenvalue weighted by molar-refractivity contribution is 7.09. The van der Waals surface area contributed by atoms with Gasteiger partial charge in [0, 0.05) is 34.0 Å². The summed E-state index contributed by atoms with van der Waals surface area (Å²) in [6, 6.07) is 15.0. The molecule has 0 spiro atoms. The van der Waals surface area contributed by atoms with Gasteiger partial charge in [-0.25, -0.2) is 9.37 Å². The van der Waals surface area contributed by atoms with Gasteiger partial charge in [-0.05, 0) is 60.5 Å². The molecule has 1 aliphatic rings. The van der Waals surface area contributed by atoms with Gasteiger partial charge in [0.1, 0.15) is 30.5 Å². The molecule has 5 rings (SSSR count). The molecule has 164 valence electrons. The second-order valence-electron chi connectivity index (χ2n) is 7.43. The third-order valence-electron chi connectivity index (χ3n) is 5.37. The van der Waals surface area contributed by atoms with Crippen molar-refractivity contribution in [3.8, 4) is 11.5 Å². The van der Waals surface area contributed by atoms with Crippen LogP contribution in [0.25, 0.3) is 11.1 Å². The van der Waals surface area contributed by atoms with Crippen LogP contribution in [0.1, 0.15) is 32.1 Å². The number of carbonyl (C=O) groups is 1. The summed E-state index contributed by atoms with van der Waals surface area (Å²) in [4.78, 5) is 23.0. The van der Waals surface area contributed by atoms with Crippen LogP contribution in [0.2, 0.25) is 0 Å². The Bertz CT molecular complexity index is 1350. The zero-order valence-corrected chi connectivity index (χ0v) is 18.6. The van der Waals surface area contributed by atoms with Crippen LogP contribution in [-0.4, -0.2) is 29.0 Å². The van der Waals surface area contributed by atoms with Gasteiger partial charge in [0.25, 0.3) is 0 Å². The van der Waals surface area contributed by atoms with Crippen LogP contribution in [0.5, 0.6) is 11.5 Å². The molecule has 0 saturated carbocycles. The minimum atomic E-state index is -0.349. The van der Waals surface area contributed by atoms with E-state index in [2.05, 4.69) is 9.97 Å². The Morgan fingerprint density at radius 2 is 1.61 bits per heavy atom. The Morgan fingerprint density at radius 1 is 0.879 bits per heavy atom. The van der Waals surface area contributed by atoms with Gasteiger partial charge < -0.3 is 9.47 Å². The molecule has 2 aromatic heterocycles. The van der Waals surface area contributed by atoms with Gasteiger partial charge in [-0.1, -0.05) is 12.1 Å². The number of benzene rings is 2. The molecule has 0 amide bonds. The molecule has 0 saturated heterocycles. The normalized spacial score (nSPS) is 12.7. The van der Waals surface area contributed by atoms with Crippen molar-refractivity contribution in [1.29, 1.82) is 0 Å². The third-order valence-corrected chi connectivity index (χ3v) is 6.12. The summed E-state index contributed by atoms with van der Waals surface area (Å²) in [6.45, 7) is 2.66. The second-order valence-corrected chi connectivity index (χ2v) is 8.49. The zero-order valence-electron chi connectivity index (χ0n) is 17.7. The molecule has 7 heteroatoms. The van der Waals surface area contributed by atoms with E-state index in [1.165, 1.54) is 23.5 Å². The molecule has 0 fully saturated rings. The molecule has 0 N–H and O–H groups in total. The smallest absolute Gasteiger partial charge is 0.195 e. The van der Waals surface area contributed by atoms with Crippen LogP contribution in [-0.2, 0) is 0 Å². The van der Waals surface area contributed by atoms with E-state index in [0.717, 1.165) is 21.7 Å². The van der Waals surface area contributed by atoms with Gasteiger partial charge >= 0.3 is 0 Å². The van der Waals surface area contributed by atoms with Gasteiger partial charge in [-0.2, -0.15) is 0 Å². The topological polar surface area (TPSA) is 61.3 Å². The van der Waals surface area contributed by atoms with Gasteiger partial charge in [0.05, 0.1) is 11.2 Å². The fourth-order valence-corrected chi connectivity index (χ4v) is 4.42. The average molecular weight is 459 g/mol. The van der Waals surface area contributed by atoms with Gasteiger partial charge in [0.15, 0.2) is 5.78 Å². The van der Waals surface area contributed by atoms with E-state index < -0.39 is 0 Å². The van der Waals surface area contributed by atoms with E-state index in [-0.39, 0.29) is 11.6 Å². The molecule has 0 atom stereocenters. The number of pyridine rings is 1. The number of hydrogen-bond donors (Lipinski definition) is 0. The molecule has 0 radical (unpaired) electrons. The fraction of sp³-hybridized carbons (Fsp3) is 0.115. The minimum absolute atomic E-state index is 0.127. The molecule has 4 aromatic rings. The number of aromatic nitrogens is 2. The Balaban J connectivity index is 1.43. The van der Waals surface area contributed by atoms with Crippen molar-refractivity contribution in [2.45, 2.75) is 6.92 Å². The standard InChI is InChI=1S/C26H19FN2O3S/c1-16-25(29-15-33-16)24-21-7-6-20(32-13-12-31-19-8-10-28-11-9-19)14-22(21)26(30)23(24)17-2-4-18(27)5-3-17/h2-11,14-15H,12-13H2,1H3. The van der Waals surface area contributed by atoms with Crippen molar-refractivity contribution < 1.29 is 18.7 Å². The SMILES string of the molecule is Cc1scnc1C1=C(c2ccc(F)cc2)C(=O)c2cc(OCCOc3ccncc3)ccc21. The molecule has 2 aromatic carbocycles. The molecule has 0 aliphatic heterocycles. The van der Waals surface area contributed by atoms with Crippen LogP contribution < -0.4 is 9.47 Å². The first-order valence-electron chi connectivity index (χ1n) is 10.4. The first-order valence-corrected chi connectivity index (χ1v) is 11.2. The first kappa shape index (κ1) is 21.0. The number of ketones is 1. The average Bonchev–Trinajstić information content (AvgIpc) is 3.38. The molecule has 0 unspecified atom stereocenters. The Morgan fingerprint density at radius 3 is 2.30 bits per heavy atom. The quantitative estimate of drug-likeness (QED) is 0.338. The number of fused-ring (bicyclic) bond motifs is 1. The number of allylic oxidation sites excluding steroid dienone is 1. The van der Waals surface area contributed by atoms with E-state index in [1.807, 2.05) is 19.1 Å². The molecular weight excluding hydrogens is 439 g/mol. The Labute approximate surface area is 194 Å². The lowest BCUT2D eigenvalue weighted by Crippen LogP contribution is -2.09. The molecular formula is C26H19FN2O3S. The third kappa shape index (κ3) is 4.15. The lowest BCUT2D eigenvalue weighted by atomic mass is 9.97. The lowest BCUT2D eigenvalue weighted by molar-refractivity contribution is 0.105. The van der Waals surface area contributed by atoms with E-state index in [4.69, 9.17) is 9.47 Å². The number of hydrogen-bond acceptors (Lipinski definition) is 6. The van der Waals surface area contributed by atoms with Crippen molar-refractivity contribution in [2.24, 2.45) is 0 Å². The van der Waals surface area contributed by atoms with E-state index in [0.29, 0.717) is 41.4 Å². The van der Waals surface area contributed by atoms with Gasteiger partial charge in [0.2, 0.25) is 0 Å². The predicted octanol–water partition coefficient (Wildman–Crippen LogP) is 5.60. The maximum absolute atomic E-state index is 13.5. The maximum atomic E-state index is 13.5. The summed E-state index contributed by atoms with van der Waals surface area (Å²) in [5, 5.41) is 0. The number of thiazole rings is 1. The van der Waals surface area contributed by atoms with Crippen LogP contribution in [0, 0.1) is 12.7 Å². The van der Waals surface area contributed by atoms with Crippen molar-refractivity contribution in [1.82, 2.24) is 9.97 Å². The van der Waals surface area contributed by atoms with Crippen LogP contribution >= 0.6 is 11.3 Å². The van der Waals surface area contributed by atoms with E-state index >= 15 is 0 Å². The summed E-state index contributed by atoms with van der Waals surface area (Å²) < 4.78 is 25.0. The summed E-state index contributed by atoms with van der Waals surface area (Å²) in [5.74, 6) is 0.820. The number of carbonyl (C=O) groups excluding carboxylic acids is 1. The number of rotatable bonds is 7. The summed E-state index contributed by atoms with van der Waals surface area (Å²) in [6.07, 6.45) is 3.32. The highest BCUT2D eigenvalue weighted by atomic mass is 32.1. The fourth-order valence-electron chi connectivity index (χ4n) is 3.84. The highest BCUT2D eigenvalue weighted by Crippen LogP contribution is 2.44. The van der Waals surface area contributed by atoms with E-state index in [9.17, 15) is 9.18 Å². The number of Topliss-reactive ketones (excluding diaryl/α,β-unsaturated/α-hetero) is 1. The molecule has 5 nitrogen and oxygen atoms in total. The van der Waals surface area contributed by atoms with Crippen LogP contribution in [0.3, 0.4) is 0 Å². The van der Waals surface area contributed by atoms with Crippen molar-refractivity contribution in [2.75, 3.05) is 13.2 Å². The zero-order chi connectivity index (χ0) is 22.8. The molecule has 2 heterocycles. The summed E-state index contributed by atoms with van der Waals surface area (Å²) >= 11 is 1.52. The lowest BCUT2D eigenvalue weighted by Gasteiger charge is -2.10. The second kappa shape index (κ2) is 8.96. The number of aryl methyl sites for hydroxylation is 1.